The zero-order chi connectivity index (χ0) is 19.0. The Morgan fingerprint density at radius 1 is 1.00 bits per heavy atom. The predicted octanol–water partition coefficient (Wildman–Crippen LogP) is 5.93. The van der Waals surface area contributed by atoms with Crippen molar-refractivity contribution in [2.24, 2.45) is 4.99 Å². The van der Waals surface area contributed by atoms with Gasteiger partial charge in [0.15, 0.2) is 0 Å². The summed E-state index contributed by atoms with van der Waals surface area (Å²) in [5, 5.41) is 2.73. The highest BCUT2D eigenvalue weighted by atomic mass is 35.5. The smallest absolute Gasteiger partial charge is 0.253 e. The van der Waals surface area contributed by atoms with Crippen LogP contribution >= 0.6 is 58.0 Å². The van der Waals surface area contributed by atoms with E-state index in [0.29, 0.717) is 38.0 Å². The monoisotopic (exact) mass is 451 g/mol. The van der Waals surface area contributed by atoms with Crippen LogP contribution in [0.5, 0.6) is 5.75 Å². The van der Waals surface area contributed by atoms with E-state index in [1.807, 2.05) is 0 Å². The number of anilines is 1. The minimum atomic E-state index is -0.285. The first-order valence-electron chi connectivity index (χ1n) is 7.15. The van der Waals surface area contributed by atoms with Gasteiger partial charge in [-0.3, -0.25) is 10.2 Å². The third kappa shape index (κ3) is 3.82. The molecule has 1 fully saturated rings. The van der Waals surface area contributed by atoms with Crippen molar-refractivity contribution in [2.75, 3.05) is 12.1 Å². The molecule has 136 valence electrons. The molecule has 1 heterocycles. The van der Waals surface area contributed by atoms with Crippen LogP contribution in [0.25, 0.3) is 0 Å². The van der Waals surface area contributed by atoms with Crippen LogP contribution in [0.1, 0.15) is 6.42 Å². The van der Waals surface area contributed by atoms with Gasteiger partial charge in [-0.25, -0.2) is 10.0 Å². The summed E-state index contributed by atoms with van der Waals surface area (Å²) >= 11 is 30.4. The summed E-state index contributed by atoms with van der Waals surface area (Å²) in [6.07, 6.45) is 0.0105. The average molecular weight is 454 g/mol. The largest absolute Gasteiger partial charge is 0.495 e. The number of hydrogen-bond donors (Lipinski definition) is 1. The first-order chi connectivity index (χ1) is 12.3. The SMILES string of the molecule is COc1cc(N=C2CC(=O)N(c3c(Cl)cc(Cl)cc3Cl)N2)c(Cl)cc1Cl. The van der Waals surface area contributed by atoms with Crippen LogP contribution in [0.4, 0.5) is 11.4 Å². The van der Waals surface area contributed by atoms with Gasteiger partial charge < -0.3 is 4.74 Å². The number of methoxy groups -OCH3 is 1. The topological polar surface area (TPSA) is 53.9 Å². The molecule has 1 aliphatic rings. The number of carbonyl (C=O) groups is 1. The minimum Gasteiger partial charge on any atom is -0.495 e. The van der Waals surface area contributed by atoms with E-state index >= 15 is 0 Å². The van der Waals surface area contributed by atoms with Gasteiger partial charge in [0, 0.05) is 11.1 Å². The summed E-state index contributed by atoms with van der Waals surface area (Å²) in [4.78, 5) is 16.8. The summed E-state index contributed by atoms with van der Waals surface area (Å²) in [5.74, 6) is 0.496. The first-order valence-corrected chi connectivity index (χ1v) is 9.04. The Labute approximate surface area is 174 Å². The Morgan fingerprint density at radius 2 is 1.65 bits per heavy atom. The lowest BCUT2D eigenvalue weighted by molar-refractivity contribution is -0.116. The number of rotatable bonds is 3. The molecule has 2 aromatic carbocycles. The lowest BCUT2D eigenvalue weighted by Crippen LogP contribution is -2.36. The fraction of sp³-hybridized carbons (Fsp3) is 0.125. The molecule has 1 amide bonds. The number of benzene rings is 2. The third-order valence-corrected chi connectivity index (χ3v) is 4.88. The van der Waals surface area contributed by atoms with E-state index in [9.17, 15) is 4.79 Å². The molecule has 26 heavy (non-hydrogen) atoms. The van der Waals surface area contributed by atoms with E-state index in [2.05, 4.69) is 10.4 Å². The fourth-order valence-electron chi connectivity index (χ4n) is 2.35. The van der Waals surface area contributed by atoms with Crippen LogP contribution in [-0.2, 0) is 4.79 Å². The maximum absolute atomic E-state index is 12.4. The number of nitrogens with one attached hydrogen (secondary N) is 1. The van der Waals surface area contributed by atoms with Gasteiger partial charge in [-0.05, 0) is 18.2 Å². The highest BCUT2D eigenvalue weighted by molar-refractivity contribution is 6.43. The lowest BCUT2D eigenvalue weighted by atomic mass is 10.3. The van der Waals surface area contributed by atoms with Gasteiger partial charge in [0.1, 0.15) is 17.3 Å². The highest BCUT2D eigenvalue weighted by Crippen LogP contribution is 2.38. The van der Waals surface area contributed by atoms with Gasteiger partial charge in [0.05, 0.1) is 39.3 Å². The van der Waals surface area contributed by atoms with Crippen LogP contribution in [0.2, 0.25) is 25.1 Å². The number of aliphatic imine (C=N–C) groups is 1. The molecule has 0 radical (unpaired) electrons. The number of hydrogen-bond acceptors (Lipinski definition) is 3. The number of amidine groups is 1. The molecule has 0 saturated carbocycles. The van der Waals surface area contributed by atoms with Crippen molar-refractivity contribution in [2.45, 2.75) is 6.42 Å². The zero-order valence-corrected chi connectivity index (χ0v) is 16.9. The molecule has 0 unspecified atom stereocenters. The molecule has 1 aliphatic heterocycles. The molecule has 10 heteroatoms. The molecule has 1 N–H and O–H groups in total. The van der Waals surface area contributed by atoms with E-state index in [-0.39, 0.29) is 22.4 Å². The summed E-state index contributed by atoms with van der Waals surface area (Å²) in [5.41, 5.74) is 3.58. The molecule has 0 spiro atoms. The fourth-order valence-corrected chi connectivity index (χ4v) is 3.84. The number of halogens is 5. The Hall–Kier alpha value is -1.37. The van der Waals surface area contributed by atoms with E-state index in [4.69, 9.17) is 62.7 Å². The second kappa shape index (κ2) is 7.71. The molecule has 0 aromatic heterocycles. The van der Waals surface area contributed by atoms with Crippen LogP contribution in [0, 0.1) is 0 Å². The Morgan fingerprint density at radius 3 is 2.27 bits per heavy atom. The predicted molar refractivity (Wildman–Crippen MR) is 107 cm³/mol. The van der Waals surface area contributed by atoms with Crippen molar-refractivity contribution >= 4 is 81.1 Å². The summed E-state index contributed by atoms with van der Waals surface area (Å²) in [7, 11) is 1.48. The van der Waals surface area contributed by atoms with Crippen molar-refractivity contribution in [1.29, 1.82) is 0 Å². The molecule has 1 saturated heterocycles. The van der Waals surface area contributed by atoms with E-state index in [1.54, 1.807) is 6.07 Å². The normalized spacial score (nSPS) is 15.5. The Balaban J connectivity index is 1.95. The van der Waals surface area contributed by atoms with Gasteiger partial charge in [0.25, 0.3) is 5.91 Å². The van der Waals surface area contributed by atoms with Crippen LogP contribution < -0.4 is 15.2 Å². The van der Waals surface area contributed by atoms with Crippen molar-refractivity contribution in [3.05, 3.63) is 49.4 Å². The van der Waals surface area contributed by atoms with Gasteiger partial charge in [0.2, 0.25) is 0 Å². The maximum atomic E-state index is 12.4. The van der Waals surface area contributed by atoms with Crippen LogP contribution in [0.15, 0.2) is 29.3 Å². The molecule has 3 rings (SSSR count). The van der Waals surface area contributed by atoms with Crippen LogP contribution in [-0.4, -0.2) is 18.9 Å². The van der Waals surface area contributed by atoms with E-state index in [1.165, 1.54) is 30.3 Å². The van der Waals surface area contributed by atoms with Crippen LogP contribution in [0.3, 0.4) is 0 Å². The Kier molecular flexibility index (Phi) is 5.75. The molecule has 5 nitrogen and oxygen atoms in total. The van der Waals surface area contributed by atoms with E-state index < -0.39 is 0 Å². The maximum Gasteiger partial charge on any atom is 0.253 e. The number of carbonyl (C=O) groups excluding carboxylic acids is 1. The van der Waals surface area contributed by atoms with Gasteiger partial charge in [-0.15, -0.1) is 0 Å². The van der Waals surface area contributed by atoms with Gasteiger partial charge in [-0.1, -0.05) is 58.0 Å². The molecule has 0 aliphatic carbocycles. The second-order valence-electron chi connectivity index (χ2n) is 5.23. The third-order valence-electron chi connectivity index (χ3n) is 3.49. The van der Waals surface area contributed by atoms with E-state index in [0.717, 1.165) is 0 Å². The second-order valence-corrected chi connectivity index (χ2v) is 7.30. The molecule has 0 bridgehead atoms. The minimum absolute atomic E-state index is 0.0105. The van der Waals surface area contributed by atoms with Gasteiger partial charge in [-0.2, -0.15) is 0 Å². The summed E-state index contributed by atoms with van der Waals surface area (Å²) < 4.78 is 5.15. The quantitative estimate of drug-likeness (QED) is 0.626. The summed E-state index contributed by atoms with van der Waals surface area (Å²) in [6, 6.07) is 6.09. The number of amides is 1. The highest BCUT2D eigenvalue weighted by Gasteiger charge is 2.30. The number of nitrogens with zero attached hydrogens (tertiary/aromatic N) is 2. The lowest BCUT2D eigenvalue weighted by Gasteiger charge is -2.19. The van der Waals surface area contributed by atoms with Crippen molar-refractivity contribution in [1.82, 2.24) is 5.43 Å². The number of hydrazine groups is 1. The summed E-state index contributed by atoms with van der Waals surface area (Å²) in [6.45, 7) is 0. The molecular weight excluding hydrogens is 443 g/mol. The Bertz CT molecular complexity index is 909. The molecule has 2 aromatic rings. The van der Waals surface area contributed by atoms with Crippen molar-refractivity contribution < 1.29 is 9.53 Å². The molecular formula is C16H10Cl5N3O2. The standard InChI is InChI=1S/C16H10Cl5N3O2/c1-26-13-5-12(8(18)4-9(13)19)22-14-6-15(25)24(23-14)16-10(20)2-7(17)3-11(16)21/h2-5H,6H2,1H3,(H,22,23). The van der Waals surface area contributed by atoms with Crippen molar-refractivity contribution in [3.8, 4) is 5.75 Å². The van der Waals surface area contributed by atoms with Gasteiger partial charge >= 0.3 is 0 Å². The number of ether oxygens (including phenoxy) is 1. The first kappa shape index (κ1) is 19.4. The molecule has 0 atom stereocenters. The van der Waals surface area contributed by atoms with Crippen molar-refractivity contribution in [3.63, 3.8) is 0 Å². The zero-order valence-electron chi connectivity index (χ0n) is 13.1. The average Bonchev–Trinajstić information content (AvgIpc) is 2.89.